The van der Waals surface area contributed by atoms with E-state index in [2.05, 4.69) is 5.32 Å². The normalized spacial score (nSPS) is 20.5. The molecule has 1 amide bonds. The molecule has 1 atom stereocenters. The second-order valence-corrected chi connectivity index (χ2v) is 4.88. The van der Waals surface area contributed by atoms with Crippen molar-refractivity contribution in [1.82, 2.24) is 10.2 Å². The molecule has 0 aromatic carbocycles. The molecule has 1 rings (SSSR count). The zero-order chi connectivity index (χ0) is 12.7. The zero-order valence-electron chi connectivity index (χ0n) is 9.39. The zero-order valence-corrected chi connectivity index (χ0v) is 10.2. The molecule has 0 radical (unpaired) electrons. The minimum Gasteiger partial charge on any atom is -0.481 e. The number of hydrogen-bond acceptors (Lipinski definition) is 5. The molecule has 94 valence electrons. The molecule has 0 aromatic heterocycles. The Morgan fingerprint density at radius 3 is 3.00 bits per heavy atom. The summed E-state index contributed by atoms with van der Waals surface area (Å²) in [6, 6.07) is 1.73. The summed E-state index contributed by atoms with van der Waals surface area (Å²) in [7, 11) is 0. The van der Waals surface area contributed by atoms with Gasteiger partial charge in [0.05, 0.1) is 19.0 Å². The van der Waals surface area contributed by atoms with Crippen molar-refractivity contribution in [1.29, 1.82) is 5.26 Å². The first kappa shape index (κ1) is 13.8. The van der Waals surface area contributed by atoms with Crippen molar-refractivity contribution in [3.8, 4) is 6.07 Å². The van der Waals surface area contributed by atoms with Crippen molar-refractivity contribution < 1.29 is 14.7 Å². The van der Waals surface area contributed by atoms with Gasteiger partial charge in [0.25, 0.3) is 0 Å². The van der Waals surface area contributed by atoms with Crippen LogP contribution >= 0.6 is 11.8 Å². The maximum absolute atomic E-state index is 11.4. The maximum atomic E-state index is 11.4. The molecule has 17 heavy (non-hydrogen) atoms. The Bertz CT molecular complexity index is 329. The molecule has 1 fully saturated rings. The molecular weight excluding hydrogens is 242 g/mol. The lowest BCUT2D eigenvalue weighted by Gasteiger charge is -2.33. The summed E-state index contributed by atoms with van der Waals surface area (Å²) in [5, 5.41) is 19.6. The summed E-state index contributed by atoms with van der Waals surface area (Å²) in [5.74, 6) is 0.563. The SMILES string of the molecule is N#CCNC(=O)CN1CCSCC1CC(=O)O. The van der Waals surface area contributed by atoms with E-state index < -0.39 is 5.97 Å². The van der Waals surface area contributed by atoms with Gasteiger partial charge in [-0.05, 0) is 0 Å². The number of carbonyl (C=O) groups is 2. The number of nitriles is 1. The topological polar surface area (TPSA) is 93.4 Å². The average Bonchev–Trinajstić information content (AvgIpc) is 2.28. The number of hydrogen-bond donors (Lipinski definition) is 2. The molecule has 2 N–H and O–H groups in total. The summed E-state index contributed by atoms with van der Waals surface area (Å²) >= 11 is 1.70. The number of aliphatic carboxylic acids is 1. The van der Waals surface area contributed by atoms with E-state index in [0.29, 0.717) is 6.54 Å². The molecular formula is C10H15N3O3S. The van der Waals surface area contributed by atoms with E-state index in [1.54, 1.807) is 11.8 Å². The summed E-state index contributed by atoms with van der Waals surface area (Å²) in [4.78, 5) is 24.0. The summed E-state index contributed by atoms with van der Waals surface area (Å²) < 4.78 is 0. The first-order valence-electron chi connectivity index (χ1n) is 5.30. The van der Waals surface area contributed by atoms with Crippen LogP contribution in [0.15, 0.2) is 0 Å². The first-order valence-corrected chi connectivity index (χ1v) is 6.46. The van der Waals surface area contributed by atoms with E-state index in [-0.39, 0.29) is 31.5 Å². The Hall–Kier alpha value is -1.26. The molecule has 1 heterocycles. The predicted octanol–water partition coefficient (Wildman–Crippen LogP) is -0.482. The molecule has 7 heteroatoms. The molecule has 0 aliphatic carbocycles. The van der Waals surface area contributed by atoms with Crippen molar-refractivity contribution in [2.24, 2.45) is 0 Å². The smallest absolute Gasteiger partial charge is 0.304 e. The first-order chi connectivity index (χ1) is 8.13. The highest BCUT2D eigenvalue weighted by Crippen LogP contribution is 2.18. The van der Waals surface area contributed by atoms with Crippen molar-refractivity contribution in [3.63, 3.8) is 0 Å². The van der Waals surface area contributed by atoms with Crippen molar-refractivity contribution in [3.05, 3.63) is 0 Å². The fourth-order valence-corrected chi connectivity index (χ4v) is 2.80. The highest BCUT2D eigenvalue weighted by molar-refractivity contribution is 7.99. The molecule has 6 nitrogen and oxygen atoms in total. The van der Waals surface area contributed by atoms with Crippen LogP contribution in [-0.2, 0) is 9.59 Å². The van der Waals surface area contributed by atoms with E-state index >= 15 is 0 Å². The van der Waals surface area contributed by atoms with E-state index in [1.165, 1.54) is 0 Å². The van der Waals surface area contributed by atoms with Crippen LogP contribution < -0.4 is 5.32 Å². The van der Waals surface area contributed by atoms with Crippen LogP contribution in [0.5, 0.6) is 0 Å². The molecule has 1 aliphatic rings. The van der Waals surface area contributed by atoms with Gasteiger partial charge in [-0.1, -0.05) is 0 Å². The van der Waals surface area contributed by atoms with Gasteiger partial charge in [0, 0.05) is 24.1 Å². The van der Waals surface area contributed by atoms with Crippen molar-refractivity contribution in [2.75, 3.05) is 31.1 Å². The number of carboxylic acids is 1. The second kappa shape index (κ2) is 7.14. The van der Waals surface area contributed by atoms with E-state index in [1.807, 2.05) is 11.0 Å². The van der Waals surface area contributed by atoms with Gasteiger partial charge >= 0.3 is 5.97 Å². The van der Waals surface area contributed by atoms with Gasteiger partial charge in [0.2, 0.25) is 5.91 Å². The Morgan fingerprint density at radius 1 is 1.59 bits per heavy atom. The number of amides is 1. The van der Waals surface area contributed by atoms with Gasteiger partial charge in [-0.15, -0.1) is 0 Å². The number of thioether (sulfide) groups is 1. The third kappa shape index (κ3) is 5.06. The highest BCUT2D eigenvalue weighted by Gasteiger charge is 2.26. The molecule has 0 saturated carbocycles. The Labute approximate surface area is 104 Å². The lowest BCUT2D eigenvalue weighted by Crippen LogP contribution is -2.48. The number of carboxylic acid groups (broad SMARTS) is 1. The second-order valence-electron chi connectivity index (χ2n) is 3.73. The quantitative estimate of drug-likeness (QED) is 0.646. The van der Waals surface area contributed by atoms with Crippen LogP contribution in [0.3, 0.4) is 0 Å². The van der Waals surface area contributed by atoms with Gasteiger partial charge in [-0.25, -0.2) is 0 Å². The van der Waals surface area contributed by atoms with Crippen LogP contribution in [0.2, 0.25) is 0 Å². The van der Waals surface area contributed by atoms with Gasteiger partial charge in [0.15, 0.2) is 0 Å². The van der Waals surface area contributed by atoms with Crippen LogP contribution in [0, 0.1) is 11.3 Å². The Balaban J connectivity index is 2.45. The lowest BCUT2D eigenvalue weighted by molar-refractivity contribution is -0.138. The number of nitrogens with zero attached hydrogens (tertiary/aromatic N) is 2. The van der Waals surface area contributed by atoms with Crippen LogP contribution in [0.25, 0.3) is 0 Å². The van der Waals surface area contributed by atoms with Gasteiger partial charge in [-0.3, -0.25) is 14.5 Å². The minimum absolute atomic E-state index is 0.00891. The van der Waals surface area contributed by atoms with Crippen molar-refractivity contribution in [2.45, 2.75) is 12.5 Å². The van der Waals surface area contributed by atoms with Gasteiger partial charge < -0.3 is 10.4 Å². The largest absolute Gasteiger partial charge is 0.481 e. The molecule has 0 spiro atoms. The highest BCUT2D eigenvalue weighted by atomic mass is 32.2. The minimum atomic E-state index is -0.847. The predicted molar refractivity (Wildman–Crippen MR) is 63.6 cm³/mol. The third-order valence-electron chi connectivity index (χ3n) is 2.47. The van der Waals surface area contributed by atoms with Gasteiger partial charge in [-0.2, -0.15) is 17.0 Å². The molecule has 0 aromatic rings. The van der Waals surface area contributed by atoms with Crippen LogP contribution in [0.4, 0.5) is 0 Å². The standard InChI is InChI=1S/C10H15N3O3S/c11-1-2-12-9(14)6-13-3-4-17-7-8(13)5-10(15)16/h8H,2-7H2,(H,12,14)(H,15,16). The monoisotopic (exact) mass is 257 g/mol. The molecule has 0 bridgehead atoms. The Kier molecular flexibility index (Phi) is 5.80. The Morgan fingerprint density at radius 2 is 2.35 bits per heavy atom. The van der Waals surface area contributed by atoms with E-state index in [4.69, 9.17) is 10.4 Å². The lowest BCUT2D eigenvalue weighted by atomic mass is 10.2. The van der Waals surface area contributed by atoms with Gasteiger partial charge in [0.1, 0.15) is 6.54 Å². The summed E-state index contributed by atoms with van der Waals surface area (Å²) in [5.41, 5.74) is 0. The third-order valence-corrected chi connectivity index (χ3v) is 3.56. The van der Waals surface area contributed by atoms with Crippen LogP contribution in [-0.4, -0.2) is 59.1 Å². The number of rotatable bonds is 5. The fraction of sp³-hybridized carbons (Fsp3) is 0.700. The number of carbonyl (C=O) groups excluding carboxylic acids is 1. The average molecular weight is 257 g/mol. The summed E-state index contributed by atoms with van der Waals surface area (Å²) in [6.45, 7) is 0.869. The number of nitrogens with one attached hydrogen (secondary N) is 1. The van der Waals surface area contributed by atoms with Crippen molar-refractivity contribution >= 4 is 23.6 Å². The van der Waals surface area contributed by atoms with E-state index in [0.717, 1.165) is 11.5 Å². The molecule has 1 saturated heterocycles. The molecule has 1 unspecified atom stereocenters. The van der Waals surface area contributed by atoms with E-state index in [9.17, 15) is 9.59 Å². The maximum Gasteiger partial charge on any atom is 0.304 e. The molecule has 1 aliphatic heterocycles. The fourth-order valence-electron chi connectivity index (χ4n) is 1.67. The summed E-state index contributed by atoms with van der Waals surface area (Å²) in [6.07, 6.45) is 0.0541. The van der Waals surface area contributed by atoms with Crippen LogP contribution in [0.1, 0.15) is 6.42 Å².